The van der Waals surface area contributed by atoms with Crippen LogP contribution in [0.15, 0.2) is 42.7 Å². The monoisotopic (exact) mass is 324 g/mol. The summed E-state index contributed by atoms with van der Waals surface area (Å²) < 4.78 is 6.91. The first-order valence-electron chi connectivity index (χ1n) is 7.46. The first-order chi connectivity index (χ1) is 11.8. The van der Waals surface area contributed by atoms with Crippen molar-refractivity contribution in [3.63, 3.8) is 0 Å². The van der Waals surface area contributed by atoms with Gasteiger partial charge in [-0.25, -0.2) is 0 Å². The van der Waals surface area contributed by atoms with Crippen molar-refractivity contribution in [1.29, 1.82) is 0 Å². The van der Waals surface area contributed by atoms with Crippen molar-refractivity contribution in [3.05, 3.63) is 54.1 Å². The van der Waals surface area contributed by atoms with E-state index in [-0.39, 0.29) is 12.5 Å². The first-order valence-corrected chi connectivity index (χ1v) is 7.46. The number of carbonyl (C=O) groups is 1. The van der Waals surface area contributed by atoms with E-state index in [1.165, 1.54) is 6.08 Å². The molecule has 0 aliphatic rings. The summed E-state index contributed by atoms with van der Waals surface area (Å²) in [4.78, 5) is 15.9. The normalized spacial score (nSPS) is 11.0. The molecule has 8 heteroatoms. The van der Waals surface area contributed by atoms with E-state index in [0.717, 1.165) is 5.56 Å². The molecule has 1 N–H and O–H groups in total. The van der Waals surface area contributed by atoms with Gasteiger partial charge >= 0.3 is 0 Å². The molecule has 0 aliphatic carbocycles. The number of hydrogen-bond acceptors (Lipinski definition) is 6. The van der Waals surface area contributed by atoms with Gasteiger partial charge in [-0.2, -0.15) is 4.52 Å². The van der Waals surface area contributed by atoms with Crippen molar-refractivity contribution in [2.24, 2.45) is 0 Å². The van der Waals surface area contributed by atoms with E-state index >= 15 is 0 Å². The Morgan fingerprint density at radius 1 is 1.33 bits per heavy atom. The summed E-state index contributed by atoms with van der Waals surface area (Å²) in [7, 11) is 0. The molecule has 0 spiro atoms. The average Bonchev–Trinajstić information content (AvgIpc) is 3.02. The third-order valence-electron chi connectivity index (χ3n) is 3.13. The highest BCUT2D eigenvalue weighted by molar-refractivity contribution is 5.91. The maximum absolute atomic E-state index is 11.9. The van der Waals surface area contributed by atoms with Crippen LogP contribution in [0.2, 0.25) is 0 Å². The lowest BCUT2D eigenvalue weighted by atomic mass is 10.2. The number of hydrogen-bond donors (Lipinski definition) is 1. The van der Waals surface area contributed by atoms with E-state index in [2.05, 4.69) is 25.6 Å². The molecule has 0 fully saturated rings. The van der Waals surface area contributed by atoms with Crippen molar-refractivity contribution >= 4 is 17.6 Å². The third kappa shape index (κ3) is 3.72. The number of fused-ring (bicyclic) bond motifs is 1. The Hall–Kier alpha value is -3.29. The Bertz CT molecular complexity index is 859. The molecule has 0 aromatic carbocycles. The van der Waals surface area contributed by atoms with Gasteiger partial charge in [-0.1, -0.05) is 6.07 Å². The molecular weight excluding hydrogens is 308 g/mol. The number of ether oxygens (including phenoxy) is 1. The maximum Gasteiger partial charge on any atom is 0.244 e. The molecule has 1 amide bonds. The highest BCUT2D eigenvalue weighted by Crippen LogP contribution is 2.09. The van der Waals surface area contributed by atoms with Crippen LogP contribution in [-0.4, -0.2) is 37.3 Å². The van der Waals surface area contributed by atoms with Gasteiger partial charge in [0.15, 0.2) is 11.5 Å². The van der Waals surface area contributed by atoms with E-state index in [9.17, 15) is 4.79 Å². The van der Waals surface area contributed by atoms with Crippen LogP contribution >= 0.6 is 0 Å². The molecule has 3 heterocycles. The van der Waals surface area contributed by atoms with Gasteiger partial charge in [0.05, 0.1) is 13.2 Å². The number of rotatable bonds is 6. The van der Waals surface area contributed by atoms with Crippen LogP contribution in [0.3, 0.4) is 0 Å². The minimum Gasteiger partial charge on any atom is -0.477 e. The van der Waals surface area contributed by atoms with Crippen molar-refractivity contribution in [1.82, 2.24) is 30.1 Å². The quantitative estimate of drug-likeness (QED) is 0.686. The molecule has 0 atom stereocenters. The molecule has 24 heavy (non-hydrogen) atoms. The van der Waals surface area contributed by atoms with Gasteiger partial charge in [0.25, 0.3) is 0 Å². The minimum atomic E-state index is -0.239. The van der Waals surface area contributed by atoms with Crippen molar-refractivity contribution in [2.45, 2.75) is 13.5 Å². The molecule has 3 aromatic heterocycles. The van der Waals surface area contributed by atoms with Gasteiger partial charge in [0.1, 0.15) is 0 Å². The summed E-state index contributed by atoms with van der Waals surface area (Å²) in [6, 6.07) is 7.16. The molecule has 0 saturated heterocycles. The predicted octanol–water partition coefficient (Wildman–Crippen LogP) is 1.25. The Labute approximate surface area is 138 Å². The fourth-order valence-corrected chi connectivity index (χ4v) is 2.02. The molecule has 0 bridgehead atoms. The van der Waals surface area contributed by atoms with Gasteiger partial charge in [0, 0.05) is 24.5 Å². The average molecular weight is 324 g/mol. The minimum absolute atomic E-state index is 0.208. The van der Waals surface area contributed by atoms with Crippen LogP contribution in [-0.2, 0) is 11.3 Å². The molecule has 0 aliphatic heterocycles. The van der Waals surface area contributed by atoms with Crippen LogP contribution in [0.25, 0.3) is 11.7 Å². The fourth-order valence-electron chi connectivity index (χ4n) is 2.02. The summed E-state index contributed by atoms with van der Waals surface area (Å²) in [6.45, 7) is 2.61. The number of nitrogens with one attached hydrogen (secondary N) is 1. The van der Waals surface area contributed by atoms with Crippen LogP contribution in [0.1, 0.15) is 18.3 Å². The van der Waals surface area contributed by atoms with E-state index in [1.807, 2.05) is 19.1 Å². The van der Waals surface area contributed by atoms with Crippen LogP contribution in [0, 0.1) is 0 Å². The number of amides is 1. The number of pyridine rings is 1. The predicted molar refractivity (Wildman–Crippen MR) is 87.1 cm³/mol. The highest BCUT2D eigenvalue weighted by Gasteiger charge is 2.08. The summed E-state index contributed by atoms with van der Waals surface area (Å²) >= 11 is 0. The molecule has 0 saturated carbocycles. The lowest BCUT2D eigenvalue weighted by Gasteiger charge is -2.03. The largest absolute Gasteiger partial charge is 0.477 e. The molecular formula is C16H16N6O2. The van der Waals surface area contributed by atoms with Crippen LogP contribution < -0.4 is 10.1 Å². The summed E-state index contributed by atoms with van der Waals surface area (Å²) in [5.41, 5.74) is 1.44. The first kappa shape index (κ1) is 15.6. The van der Waals surface area contributed by atoms with Gasteiger partial charge < -0.3 is 10.1 Å². The smallest absolute Gasteiger partial charge is 0.244 e. The third-order valence-corrected chi connectivity index (χ3v) is 3.13. The Morgan fingerprint density at radius 3 is 3.04 bits per heavy atom. The van der Waals surface area contributed by atoms with Gasteiger partial charge in [0.2, 0.25) is 11.8 Å². The Kier molecular flexibility index (Phi) is 4.76. The van der Waals surface area contributed by atoms with Gasteiger partial charge in [-0.05, 0) is 30.7 Å². The topological polar surface area (TPSA) is 94.3 Å². The summed E-state index contributed by atoms with van der Waals surface area (Å²) in [5, 5.41) is 15.1. The van der Waals surface area contributed by atoms with E-state index < -0.39 is 0 Å². The lowest BCUT2D eigenvalue weighted by molar-refractivity contribution is -0.116. The van der Waals surface area contributed by atoms with Crippen molar-refractivity contribution in [3.8, 4) is 5.88 Å². The number of aromatic nitrogens is 5. The number of nitrogens with zero attached hydrogens (tertiary/aromatic N) is 5. The molecule has 8 nitrogen and oxygen atoms in total. The lowest BCUT2D eigenvalue weighted by Crippen LogP contribution is -2.22. The van der Waals surface area contributed by atoms with Crippen molar-refractivity contribution in [2.75, 3.05) is 6.61 Å². The SMILES string of the molecule is CCOc1ccc2nnc(CNC(=O)C=Cc3cccnc3)n2n1. The molecule has 0 radical (unpaired) electrons. The summed E-state index contributed by atoms with van der Waals surface area (Å²) in [5.74, 6) is 0.764. The molecule has 0 unspecified atom stereocenters. The zero-order valence-corrected chi connectivity index (χ0v) is 13.1. The van der Waals surface area contributed by atoms with E-state index in [4.69, 9.17) is 4.74 Å². The molecule has 3 rings (SSSR count). The van der Waals surface area contributed by atoms with Crippen molar-refractivity contribution < 1.29 is 9.53 Å². The highest BCUT2D eigenvalue weighted by atomic mass is 16.5. The van der Waals surface area contributed by atoms with Crippen LogP contribution in [0.4, 0.5) is 0 Å². The van der Waals surface area contributed by atoms with Crippen LogP contribution in [0.5, 0.6) is 5.88 Å². The second kappa shape index (κ2) is 7.32. The fraction of sp³-hybridized carbons (Fsp3) is 0.188. The second-order valence-corrected chi connectivity index (χ2v) is 4.83. The zero-order valence-electron chi connectivity index (χ0n) is 13.1. The molecule has 122 valence electrons. The summed E-state index contributed by atoms with van der Waals surface area (Å²) in [6.07, 6.45) is 6.49. The van der Waals surface area contributed by atoms with Gasteiger partial charge in [-0.15, -0.1) is 15.3 Å². The maximum atomic E-state index is 11.9. The Morgan fingerprint density at radius 2 is 2.25 bits per heavy atom. The van der Waals surface area contributed by atoms with Gasteiger partial charge in [-0.3, -0.25) is 9.78 Å². The zero-order chi connectivity index (χ0) is 16.8. The second-order valence-electron chi connectivity index (χ2n) is 4.83. The van der Waals surface area contributed by atoms with E-state index in [1.54, 1.807) is 35.1 Å². The van der Waals surface area contributed by atoms with E-state index in [0.29, 0.717) is 24.0 Å². The Balaban J connectivity index is 1.65. The number of carbonyl (C=O) groups excluding carboxylic acids is 1. The molecule has 3 aromatic rings. The standard InChI is InChI=1S/C16H16N6O2/c1-2-24-16-8-6-13-19-20-14(22(13)21-16)11-18-15(23)7-5-12-4-3-9-17-10-12/h3-10H,2,11H2,1H3,(H,18,23).